The van der Waals surface area contributed by atoms with Crippen molar-refractivity contribution in [2.45, 2.75) is 136 Å². The highest BCUT2D eigenvalue weighted by atomic mass is 32.2. The van der Waals surface area contributed by atoms with Crippen LogP contribution >= 0.6 is 11.9 Å². The number of carbonyl (C=O) groups excluding carboxylic acids is 5. The molecular weight excluding hydrogens is 616 g/mol. The molecule has 0 aromatic heterocycles. The van der Waals surface area contributed by atoms with Crippen LogP contribution in [0.3, 0.4) is 0 Å². The lowest BCUT2D eigenvalue weighted by atomic mass is 9.83. The molecule has 3 fully saturated rings. The molecule has 268 valence electrons. The Hall–Kier alpha value is -2.60. The number of hydrogen-bond donors (Lipinski definition) is 4. The van der Waals surface area contributed by atoms with Crippen LogP contribution in [0.25, 0.3) is 0 Å². The van der Waals surface area contributed by atoms with Crippen LogP contribution in [0.1, 0.15) is 112 Å². The number of hydrogen-bond acceptors (Lipinski definition) is 7. The quantitative estimate of drug-likeness (QED) is 0.120. The van der Waals surface area contributed by atoms with E-state index in [4.69, 9.17) is 0 Å². The second kappa shape index (κ2) is 20.7. The third kappa shape index (κ3) is 13.1. The molecule has 3 aliphatic rings. The molecule has 2 saturated heterocycles. The molecule has 1 saturated carbocycles. The first kappa shape index (κ1) is 40.6. The molecule has 4 N–H and O–H groups in total. The molecule has 5 amide bonds. The summed E-state index contributed by atoms with van der Waals surface area (Å²) in [6.45, 7) is 18.3. The van der Waals surface area contributed by atoms with Crippen molar-refractivity contribution in [3.05, 3.63) is 12.7 Å². The van der Waals surface area contributed by atoms with Gasteiger partial charge in [-0.05, 0) is 49.9 Å². The van der Waals surface area contributed by atoms with Crippen molar-refractivity contribution in [1.29, 1.82) is 0 Å². The van der Waals surface area contributed by atoms with Crippen LogP contribution < -0.4 is 21.3 Å². The van der Waals surface area contributed by atoms with Gasteiger partial charge < -0.3 is 26.2 Å². The second-order valence-electron chi connectivity index (χ2n) is 14.1. The smallest absolute Gasteiger partial charge is 0.315 e. The Bertz CT molecular complexity index is 1040. The number of carbonyl (C=O) groups is 5. The molecule has 0 aromatic carbocycles. The van der Waals surface area contributed by atoms with E-state index in [2.05, 4.69) is 66.8 Å². The predicted molar refractivity (Wildman–Crippen MR) is 190 cm³/mol. The molecule has 0 bridgehead atoms. The third-order valence-corrected chi connectivity index (χ3v) is 10.1. The van der Waals surface area contributed by atoms with Crippen LogP contribution in [-0.2, 0) is 19.2 Å². The molecule has 12 heteroatoms. The number of nitrogens with zero attached hydrogens (tertiary/aromatic N) is 2. The molecule has 47 heavy (non-hydrogen) atoms. The summed E-state index contributed by atoms with van der Waals surface area (Å²) in [6, 6.07) is -2.97. The van der Waals surface area contributed by atoms with Crippen molar-refractivity contribution < 1.29 is 24.0 Å². The van der Waals surface area contributed by atoms with Gasteiger partial charge in [-0.25, -0.2) is 9.10 Å². The lowest BCUT2D eigenvalue weighted by Crippen LogP contribution is -2.60. The van der Waals surface area contributed by atoms with E-state index in [-0.39, 0.29) is 35.9 Å². The first-order chi connectivity index (χ1) is 22.4. The molecule has 0 aromatic rings. The highest BCUT2D eigenvalue weighted by Gasteiger charge is 2.42. The second-order valence-corrected chi connectivity index (χ2v) is 15.3. The van der Waals surface area contributed by atoms with Gasteiger partial charge in [-0.1, -0.05) is 91.7 Å². The summed E-state index contributed by atoms with van der Waals surface area (Å²) in [5.74, 6) is -1.11. The van der Waals surface area contributed by atoms with Crippen LogP contribution in [0.2, 0.25) is 0 Å². The number of Topliss-reactive ketones (excluding diaryl/α,β-unsaturated/α-hetero) is 1. The number of likely N-dealkylation sites (tertiary alicyclic amines) is 1. The molecule has 2 aliphatic heterocycles. The summed E-state index contributed by atoms with van der Waals surface area (Å²) in [5, 5.41) is 11.5. The Morgan fingerprint density at radius 3 is 2.17 bits per heavy atom. The highest BCUT2D eigenvalue weighted by Crippen LogP contribution is 2.30. The lowest BCUT2D eigenvalue weighted by molar-refractivity contribution is -0.143. The van der Waals surface area contributed by atoms with Crippen LogP contribution in [0.5, 0.6) is 0 Å². The van der Waals surface area contributed by atoms with Crippen LogP contribution in [-0.4, -0.2) is 94.8 Å². The average Bonchev–Trinajstić information content (AvgIpc) is 3.74. The molecule has 11 nitrogen and oxygen atoms in total. The first-order valence-electron chi connectivity index (χ1n) is 17.9. The Morgan fingerprint density at radius 1 is 0.915 bits per heavy atom. The van der Waals surface area contributed by atoms with E-state index in [1.54, 1.807) is 16.8 Å². The summed E-state index contributed by atoms with van der Waals surface area (Å²) >= 11 is 1.80. The minimum Gasteiger partial charge on any atom is -0.346 e. The molecule has 4 unspecified atom stereocenters. The van der Waals surface area contributed by atoms with Gasteiger partial charge in [0, 0.05) is 38.0 Å². The largest absolute Gasteiger partial charge is 0.346 e. The molecule has 2 heterocycles. The van der Waals surface area contributed by atoms with Gasteiger partial charge in [-0.3, -0.25) is 19.2 Å². The van der Waals surface area contributed by atoms with Crippen molar-refractivity contribution in [2.24, 2.45) is 11.3 Å². The zero-order chi connectivity index (χ0) is 35.0. The zero-order valence-electron chi connectivity index (χ0n) is 29.8. The van der Waals surface area contributed by atoms with Crippen LogP contribution in [0.4, 0.5) is 4.79 Å². The van der Waals surface area contributed by atoms with E-state index >= 15 is 0 Å². The maximum absolute atomic E-state index is 14.2. The minimum absolute atomic E-state index is 0.0171. The van der Waals surface area contributed by atoms with Crippen molar-refractivity contribution in [3.63, 3.8) is 0 Å². The molecule has 3 rings (SSSR count). The SMILES string of the molecule is C=CCNC(=O)C(=O)C(CCC)NC(=O)C1CCCN1C(=O)C(NC(=O)NC(CN1CCCS1)C(C)(C)C)C1CCCCC1.CCC. The lowest BCUT2D eigenvalue weighted by Gasteiger charge is -2.37. The Balaban J connectivity index is 0.00000246. The highest BCUT2D eigenvalue weighted by molar-refractivity contribution is 7.97. The fourth-order valence-electron chi connectivity index (χ4n) is 6.29. The van der Waals surface area contributed by atoms with E-state index < -0.39 is 35.7 Å². The van der Waals surface area contributed by atoms with Crippen molar-refractivity contribution in [1.82, 2.24) is 30.5 Å². The fraction of sp³-hybridized carbons (Fsp3) is 0.800. The van der Waals surface area contributed by atoms with E-state index in [1.165, 1.54) is 12.5 Å². The van der Waals surface area contributed by atoms with E-state index in [1.807, 2.05) is 6.92 Å². The first-order valence-corrected chi connectivity index (χ1v) is 18.8. The van der Waals surface area contributed by atoms with Gasteiger partial charge in [0.25, 0.3) is 5.91 Å². The van der Waals surface area contributed by atoms with Gasteiger partial charge in [0.1, 0.15) is 12.1 Å². The number of nitrogens with one attached hydrogen (secondary N) is 4. The van der Waals surface area contributed by atoms with E-state index in [9.17, 15) is 24.0 Å². The summed E-state index contributed by atoms with van der Waals surface area (Å²) in [5.41, 5.74) is -0.183. The maximum atomic E-state index is 14.2. The average molecular weight is 679 g/mol. The predicted octanol–water partition coefficient (Wildman–Crippen LogP) is 4.57. The third-order valence-electron chi connectivity index (χ3n) is 8.92. The number of urea groups is 1. The van der Waals surface area contributed by atoms with Gasteiger partial charge in [0.05, 0.1) is 6.04 Å². The molecule has 0 radical (unpaired) electrons. The normalized spacial score (nSPS) is 20.6. The van der Waals surface area contributed by atoms with Crippen LogP contribution in [0, 0.1) is 11.3 Å². The van der Waals surface area contributed by atoms with E-state index in [0.717, 1.165) is 57.4 Å². The Kier molecular flexibility index (Phi) is 17.9. The number of rotatable bonds is 14. The van der Waals surface area contributed by atoms with Gasteiger partial charge in [0.15, 0.2) is 0 Å². The molecule has 0 spiro atoms. The summed E-state index contributed by atoms with van der Waals surface area (Å²) < 4.78 is 2.30. The van der Waals surface area contributed by atoms with Gasteiger partial charge in [-0.15, -0.1) is 6.58 Å². The molecule has 4 atom stereocenters. The van der Waals surface area contributed by atoms with Gasteiger partial charge >= 0.3 is 6.03 Å². The maximum Gasteiger partial charge on any atom is 0.315 e. The molecular formula is C35H62N6O5S. The van der Waals surface area contributed by atoms with Crippen LogP contribution in [0.15, 0.2) is 12.7 Å². The Labute approximate surface area is 287 Å². The molecule has 1 aliphatic carbocycles. The Morgan fingerprint density at radius 2 is 1.60 bits per heavy atom. The number of amides is 5. The van der Waals surface area contributed by atoms with Gasteiger partial charge in [0.2, 0.25) is 17.6 Å². The topological polar surface area (TPSA) is 140 Å². The summed E-state index contributed by atoms with van der Waals surface area (Å²) in [7, 11) is 0. The number of ketones is 1. The van der Waals surface area contributed by atoms with Crippen molar-refractivity contribution in [3.8, 4) is 0 Å². The summed E-state index contributed by atoms with van der Waals surface area (Å²) in [6.07, 6.45) is 10.6. The van der Waals surface area contributed by atoms with E-state index in [0.29, 0.717) is 32.2 Å². The van der Waals surface area contributed by atoms with Gasteiger partial charge in [-0.2, -0.15) is 0 Å². The monoisotopic (exact) mass is 678 g/mol. The van der Waals surface area contributed by atoms with Crippen molar-refractivity contribution >= 4 is 41.5 Å². The fourth-order valence-corrected chi connectivity index (χ4v) is 7.32. The van der Waals surface area contributed by atoms with Crippen molar-refractivity contribution in [2.75, 3.05) is 31.9 Å². The minimum atomic E-state index is -0.976. The standard InChI is InChI=1S/C32H54N6O5S.C3H8/c1-6-13-23(27(39)29(41)33-17-7-2)34-28(40)24-16-11-19-38(24)30(42)26(22-14-9-8-10-15-22)36-31(43)35-25(32(3,4)5)21-37-18-12-20-44-37;1-3-2/h7,22-26H,2,6,8-21H2,1,3-5H3,(H,33,41)(H,34,40)(H2,35,36,43);3H2,1-2H3. The summed E-state index contributed by atoms with van der Waals surface area (Å²) in [4.78, 5) is 67.9. The zero-order valence-corrected chi connectivity index (χ0v) is 30.6.